The number of nitrogens with zero attached hydrogens (tertiary/aromatic N) is 1. The number of nitrogens with one attached hydrogen (secondary N) is 1. The standard InChI is InChI=1S/C26H24FN3O4/c1-14-13-34-8-7-30(14)26(32)16-3-5-22-18(9-16)19-10-17(11-20(25(28)31)24(19)29-22)15-4-6-23(33-2)21(27)12-15/h3-6,9-12,14,29H,7-8,13H2,1-2H3,(H2,28,31). The van der Waals surface area contributed by atoms with Gasteiger partial charge in [0.15, 0.2) is 11.6 Å². The average molecular weight is 461 g/mol. The van der Waals surface area contributed by atoms with Crippen molar-refractivity contribution in [3.63, 3.8) is 0 Å². The maximum atomic E-state index is 14.4. The third kappa shape index (κ3) is 3.66. The van der Waals surface area contributed by atoms with Gasteiger partial charge in [-0.2, -0.15) is 0 Å². The zero-order valence-corrected chi connectivity index (χ0v) is 18.9. The van der Waals surface area contributed by atoms with Gasteiger partial charge < -0.3 is 25.1 Å². The molecule has 0 saturated carbocycles. The Morgan fingerprint density at radius 1 is 1.12 bits per heavy atom. The number of aromatic nitrogens is 1. The second-order valence-corrected chi connectivity index (χ2v) is 8.47. The van der Waals surface area contributed by atoms with Crippen LogP contribution in [0, 0.1) is 5.82 Å². The van der Waals surface area contributed by atoms with E-state index in [1.165, 1.54) is 19.2 Å². The number of benzene rings is 3. The molecule has 0 spiro atoms. The minimum Gasteiger partial charge on any atom is -0.494 e. The monoisotopic (exact) mass is 461 g/mol. The minimum absolute atomic E-state index is 0.0158. The molecule has 0 bridgehead atoms. The molecule has 1 aromatic heterocycles. The summed E-state index contributed by atoms with van der Waals surface area (Å²) >= 11 is 0. The number of hydrogen-bond acceptors (Lipinski definition) is 4. The van der Waals surface area contributed by atoms with Gasteiger partial charge in [0, 0.05) is 28.4 Å². The molecule has 0 radical (unpaired) electrons. The topological polar surface area (TPSA) is 97.7 Å². The van der Waals surface area contributed by atoms with E-state index in [0.717, 1.165) is 16.3 Å². The van der Waals surface area contributed by atoms with Crippen LogP contribution in [-0.4, -0.2) is 54.6 Å². The molecule has 2 heterocycles. The van der Waals surface area contributed by atoms with E-state index in [1.54, 1.807) is 23.1 Å². The number of hydrogen-bond donors (Lipinski definition) is 2. The number of ether oxygens (including phenoxy) is 2. The van der Waals surface area contributed by atoms with Crippen LogP contribution in [0.15, 0.2) is 48.5 Å². The fourth-order valence-corrected chi connectivity index (χ4v) is 4.53. The van der Waals surface area contributed by atoms with Crippen molar-refractivity contribution >= 4 is 33.6 Å². The summed E-state index contributed by atoms with van der Waals surface area (Å²) in [5, 5.41) is 1.50. The summed E-state index contributed by atoms with van der Waals surface area (Å²) in [7, 11) is 1.40. The molecule has 8 heteroatoms. The van der Waals surface area contributed by atoms with Crippen molar-refractivity contribution in [2.75, 3.05) is 26.9 Å². The number of H-pyrrole nitrogens is 1. The van der Waals surface area contributed by atoms with Crippen LogP contribution in [0.1, 0.15) is 27.6 Å². The molecule has 0 aliphatic carbocycles. The zero-order chi connectivity index (χ0) is 24.0. The normalized spacial score (nSPS) is 16.2. The molecule has 5 rings (SSSR count). The first-order valence-electron chi connectivity index (χ1n) is 11.0. The number of methoxy groups -OCH3 is 1. The Morgan fingerprint density at radius 3 is 2.65 bits per heavy atom. The van der Waals surface area contributed by atoms with Crippen molar-refractivity contribution in [1.82, 2.24) is 9.88 Å². The quantitative estimate of drug-likeness (QED) is 0.478. The number of carbonyl (C=O) groups excluding carboxylic acids is 2. The molecular weight excluding hydrogens is 437 g/mol. The Balaban J connectivity index is 1.67. The minimum atomic E-state index is -0.606. The molecule has 3 N–H and O–H groups in total. The highest BCUT2D eigenvalue weighted by atomic mass is 19.1. The Kier molecular flexibility index (Phi) is 5.45. The smallest absolute Gasteiger partial charge is 0.254 e. The summed E-state index contributed by atoms with van der Waals surface area (Å²) in [4.78, 5) is 30.6. The van der Waals surface area contributed by atoms with Gasteiger partial charge in [0.05, 0.1) is 37.4 Å². The first-order chi connectivity index (χ1) is 16.4. The van der Waals surface area contributed by atoms with Crippen LogP contribution in [0.4, 0.5) is 4.39 Å². The molecular formula is C26H24FN3O4. The molecule has 1 unspecified atom stereocenters. The first-order valence-corrected chi connectivity index (χ1v) is 11.0. The fraction of sp³-hybridized carbons (Fsp3) is 0.231. The lowest BCUT2D eigenvalue weighted by atomic mass is 9.98. The van der Waals surface area contributed by atoms with E-state index in [4.69, 9.17) is 15.2 Å². The second-order valence-electron chi connectivity index (χ2n) is 8.47. The molecule has 4 aromatic rings. The van der Waals surface area contributed by atoms with Crippen molar-refractivity contribution in [1.29, 1.82) is 0 Å². The molecule has 1 aliphatic heterocycles. The molecule has 1 saturated heterocycles. The second kappa shape index (κ2) is 8.46. The van der Waals surface area contributed by atoms with Crippen LogP contribution in [-0.2, 0) is 4.74 Å². The lowest BCUT2D eigenvalue weighted by Gasteiger charge is -2.33. The Hall–Kier alpha value is -3.91. The van der Waals surface area contributed by atoms with Crippen LogP contribution in [0.3, 0.4) is 0 Å². The van der Waals surface area contributed by atoms with Crippen molar-refractivity contribution in [2.24, 2.45) is 5.73 Å². The van der Waals surface area contributed by atoms with Crippen molar-refractivity contribution in [2.45, 2.75) is 13.0 Å². The van der Waals surface area contributed by atoms with E-state index in [2.05, 4.69) is 4.98 Å². The van der Waals surface area contributed by atoms with Gasteiger partial charge in [-0.1, -0.05) is 6.07 Å². The molecule has 1 fully saturated rings. The predicted octanol–water partition coefficient (Wildman–Crippen LogP) is 4.10. The lowest BCUT2D eigenvalue weighted by molar-refractivity contribution is 0.00360. The summed E-state index contributed by atoms with van der Waals surface area (Å²) in [5.74, 6) is -1.05. The Labute approximate surface area is 195 Å². The number of halogens is 1. The summed E-state index contributed by atoms with van der Waals surface area (Å²) in [5.41, 5.74) is 9.06. The lowest BCUT2D eigenvalue weighted by Crippen LogP contribution is -2.47. The van der Waals surface area contributed by atoms with E-state index in [9.17, 15) is 14.0 Å². The summed E-state index contributed by atoms with van der Waals surface area (Å²) < 4.78 is 24.8. The number of nitrogens with two attached hydrogens (primary N) is 1. The van der Waals surface area contributed by atoms with E-state index < -0.39 is 11.7 Å². The number of fused-ring (bicyclic) bond motifs is 3. The van der Waals surface area contributed by atoms with Crippen molar-refractivity contribution in [3.05, 3.63) is 65.5 Å². The molecule has 1 aliphatic rings. The van der Waals surface area contributed by atoms with Gasteiger partial charge in [-0.25, -0.2) is 4.39 Å². The van der Waals surface area contributed by atoms with Crippen LogP contribution in [0.5, 0.6) is 5.75 Å². The number of carbonyl (C=O) groups is 2. The SMILES string of the molecule is COc1ccc(-c2cc(C(N)=O)c3[nH]c4ccc(C(=O)N5CCOCC5C)cc4c3c2)cc1F. The van der Waals surface area contributed by atoms with Crippen LogP contribution in [0.2, 0.25) is 0 Å². The van der Waals surface area contributed by atoms with Gasteiger partial charge in [-0.15, -0.1) is 0 Å². The number of morpholine rings is 1. The first kappa shape index (κ1) is 21.9. The summed E-state index contributed by atoms with van der Waals surface area (Å²) in [6.07, 6.45) is 0. The largest absolute Gasteiger partial charge is 0.494 e. The molecule has 3 aromatic carbocycles. The van der Waals surface area contributed by atoms with Crippen LogP contribution in [0.25, 0.3) is 32.9 Å². The predicted molar refractivity (Wildman–Crippen MR) is 128 cm³/mol. The van der Waals surface area contributed by atoms with Gasteiger partial charge in [0.25, 0.3) is 11.8 Å². The maximum Gasteiger partial charge on any atom is 0.254 e. The third-order valence-electron chi connectivity index (χ3n) is 6.33. The van der Waals surface area contributed by atoms with E-state index >= 15 is 0 Å². The van der Waals surface area contributed by atoms with Crippen LogP contribution < -0.4 is 10.5 Å². The van der Waals surface area contributed by atoms with Gasteiger partial charge >= 0.3 is 0 Å². The maximum absolute atomic E-state index is 14.4. The van der Waals surface area contributed by atoms with Gasteiger partial charge in [-0.05, 0) is 60.5 Å². The van der Waals surface area contributed by atoms with Crippen LogP contribution >= 0.6 is 0 Å². The Morgan fingerprint density at radius 2 is 1.94 bits per heavy atom. The van der Waals surface area contributed by atoms with Gasteiger partial charge in [0.2, 0.25) is 0 Å². The molecule has 7 nitrogen and oxygen atoms in total. The van der Waals surface area contributed by atoms with Gasteiger partial charge in [0.1, 0.15) is 0 Å². The number of rotatable bonds is 4. The number of primary amides is 1. The van der Waals surface area contributed by atoms with Gasteiger partial charge in [-0.3, -0.25) is 9.59 Å². The molecule has 2 amide bonds. The van der Waals surface area contributed by atoms with E-state index in [1.807, 2.05) is 25.1 Å². The zero-order valence-electron chi connectivity index (χ0n) is 18.9. The average Bonchev–Trinajstić information content (AvgIpc) is 3.21. The summed E-state index contributed by atoms with van der Waals surface area (Å²) in [6, 6.07) is 13.5. The Bertz CT molecular complexity index is 1450. The van der Waals surface area contributed by atoms with E-state index in [0.29, 0.717) is 42.0 Å². The third-order valence-corrected chi connectivity index (χ3v) is 6.33. The molecule has 174 valence electrons. The van der Waals surface area contributed by atoms with Crippen molar-refractivity contribution < 1.29 is 23.5 Å². The number of aromatic amines is 1. The summed E-state index contributed by atoms with van der Waals surface area (Å²) in [6.45, 7) is 3.51. The highest BCUT2D eigenvalue weighted by Crippen LogP contribution is 2.34. The fourth-order valence-electron chi connectivity index (χ4n) is 4.53. The number of amides is 2. The van der Waals surface area contributed by atoms with Crippen molar-refractivity contribution in [3.8, 4) is 16.9 Å². The molecule has 34 heavy (non-hydrogen) atoms. The highest BCUT2D eigenvalue weighted by molar-refractivity contribution is 6.17. The molecule has 1 atom stereocenters. The van der Waals surface area contributed by atoms with E-state index in [-0.39, 0.29) is 23.3 Å². The highest BCUT2D eigenvalue weighted by Gasteiger charge is 2.25.